The molecule has 1 aromatic rings. The van der Waals surface area contributed by atoms with E-state index in [9.17, 15) is 4.79 Å². The minimum Gasteiger partial charge on any atom is -0.334 e. The van der Waals surface area contributed by atoms with Gasteiger partial charge in [0, 0.05) is 17.5 Å². The van der Waals surface area contributed by atoms with E-state index in [1.807, 2.05) is 13.0 Å². The molecule has 2 fully saturated rings. The lowest BCUT2D eigenvalue weighted by Crippen LogP contribution is -2.39. The highest BCUT2D eigenvalue weighted by atomic mass is 32.1. The van der Waals surface area contributed by atoms with Gasteiger partial charge < -0.3 is 4.90 Å². The zero-order valence-electron chi connectivity index (χ0n) is 10.2. The zero-order chi connectivity index (χ0) is 11.8. The van der Waals surface area contributed by atoms with Crippen molar-refractivity contribution in [2.75, 3.05) is 6.54 Å². The van der Waals surface area contributed by atoms with Gasteiger partial charge in [0.05, 0.1) is 0 Å². The van der Waals surface area contributed by atoms with E-state index >= 15 is 0 Å². The van der Waals surface area contributed by atoms with Crippen molar-refractivity contribution in [2.45, 2.75) is 45.1 Å². The molecule has 0 radical (unpaired) electrons. The van der Waals surface area contributed by atoms with Gasteiger partial charge in [0.1, 0.15) is 5.69 Å². The van der Waals surface area contributed by atoms with Gasteiger partial charge in [0.2, 0.25) is 0 Å². The third-order valence-electron chi connectivity index (χ3n) is 4.12. The fourth-order valence-electron chi connectivity index (χ4n) is 3.27. The molecule has 4 heteroatoms. The van der Waals surface area contributed by atoms with Crippen LogP contribution in [-0.4, -0.2) is 27.8 Å². The average Bonchev–Trinajstić information content (AvgIpc) is 2.94. The van der Waals surface area contributed by atoms with Gasteiger partial charge >= 0.3 is 0 Å². The summed E-state index contributed by atoms with van der Waals surface area (Å²) in [4.78, 5) is 15.6. The summed E-state index contributed by atoms with van der Waals surface area (Å²) < 4.78 is 4.25. The number of carbonyl (C=O) groups is 1. The Hall–Kier alpha value is -0.900. The maximum Gasteiger partial charge on any atom is 0.273 e. The number of nitrogens with zero attached hydrogens (tertiary/aromatic N) is 2. The topological polar surface area (TPSA) is 33.2 Å². The van der Waals surface area contributed by atoms with Gasteiger partial charge in [-0.15, -0.1) is 0 Å². The largest absolute Gasteiger partial charge is 0.334 e. The summed E-state index contributed by atoms with van der Waals surface area (Å²) in [6.45, 7) is 2.94. The Morgan fingerprint density at radius 1 is 1.41 bits per heavy atom. The molecule has 0 aromatic carbocycles. The van der Waals surface area contributed by atoms with Gasteiger partial charge in [0.15, 0.2) is 0 Å². The van der Waals surface area contributed by atoms with E-state index in [0.29, 0.717) is 11.7 Å². The summed E-state index contributed by atoms with van der Waals surface area (Å²) >= 11 is 1.42. The molecular formula is C13H18N2OS. The molecule has 1 aliphatic carbocycles. The highest BCUT2D eigenvalue weighted by molar-refractivity contribution is 7.05. The Bertz CT molecular complexity index is 429. The summed E-state index contributed by atoms with van der Waals surface area (Å²) in [5.41, 5.74) is 0.652. The summed E-state index contributed by atoms with van der Waals surface area (Å²) in [6, 6.07) is 2.42. The number of aromatic nitrogens is 1. The number of likely N-dealkylation sites (tertiary alicyclic amines) is 1. The molecule has 1 aromatic heterocycles. The summed E-state index contributed by atoms with van der Waals surface area (Å²) in [6.07, 6.45) is 6.32. The molecular weight excluding hydrogens is 232 g/mol. The van der Waals surface area contributed by atoms with Crippen LogP contribution in [0, 0.1) is 12.8 Å². The van der Waals surface area contributed by atoms with Crippen molar-refractivity contribution in [1.29, 1.82) is 0 Å². The van der Waals surface area contributed by atoms with Crippen molar-refractivity contribution < 1.29 is 4.79 Å². The van der Waals surface area contributed by atoms with E-state index in [1.54, 1.807) is 0 Å². The van der Waals surface area contributed by atoms with Crippen LogP contribution in [0.4, 0.5) is 0 Å². The van der Waals surface area contributed by atoms with Crippen molar-refractivity contribution in [3.63, 3.8) is 0 Å². The maximum atomic E-state index is 12.4. The van der Waals surface area contributed by atoms with Gasteiger partial charge in [-0.1, -0.05) is 12.8 Å². The second-order valence-electron chi connectivity index (χ2n) is 5.22. The first-order valence-electron chi connectivity index (χ1n) is 6.50. The first kappa shape index (κ1) is 11.2. The SMILES string of the molecule is Cc1cc(C(=O)N2CC[C@@H]3CCCC[C@@H]32)ns1. The van der Waals surface area contributed by atoms with Crippen LogP contribution in [-0.2, 0) is 0 Å². The molecule has 0 unspecified atom stereocenters. The quantitative estimate of drug-likeness (QED) is 0.768. The highest BCUT2D eigenvalue weighted by Crippen LogP contribution is 2.36. The number of fused-ring (bicyclic) bond motifs is 1. The average molecular weight is 250 g/mol. The molecule has 92 valence electrons. The first-order valence-corrected chi connectivity index (χ1v) is 7.27. The van der Waals surface area contributed by atoms with Gasteiger partial charge in [0.25, 0.3) is 5.91 Å². The molecule has 3 rings (SSSR count). The van der Waals surface area contributed by atoms with Crippen LogP contribution in [0.3, 0.4) is 0 Å². The Morgan fingerprint density at radius 3 is 3.00 bits per heavy atom. The molecule has 1 saturated carbocycles. The van der Waals surface area contributed by atoms with Crippen molar-refractivity contribution in [2.24, 2.45) is 5.92 Å². The Morgan fingerprint density at radius 2 is 2.24 bits per heavy atom. The lowest BCUT2D eigenvalue weighted by atomic mass is 9.85. The highest BCUT2D eigenvalue weighted by Gasteiger charge is 2.38. The van der Waals surface area contributed by atoms with Gasteiger partial charge in [-0.05, 0) is 49.7 Å². The van der Waals surface area contributed by atoms with Crippen LogP contribution in [0.2, 0.25) is 0 Å². The van der Waals surface area contributed by atoms with Crippen LogP contribution in [0.5, 0.6) is 0 Å². The van der Waals surface area contributed by atoms with E-state index < -0.39 is 0 Å². The van der Waals surface area contributed by atoms with E-state index in [1.165, 1.54) is 43.6 Å². The van der Waals surface area contributed by atoms with Crippen molar-refractivity contribution in [3.8, 4) is 0 Å². The Labute approximate surface area is 106 Å². The van der Waals surface area contributed by atoms with Gasteiger partial charge in [-0.25, -0.2) is 0 Å². The fourth-order valence-corrected chi connectivity index (χ4v) is 3.81. The van der Waals surface area contributed by atoms with Crippen molar-refractivity contribution >= 4 is 17.4 Å². The number of carbonyl (C=O) groups excluding carboxylic acids is 1. The number of rotatable bonds is 1. The standard InChI is InChI=1S/C13H18N2OS/c1-9-8-11(14-17-9)13(16)15-7-6-10-4-2-3-5-12(10)15/h8,10,12H,2-7H2,1H3/t10-,12-/m0/s1. The lowest BCUT2D eigenvalue weighted by molar-refractivity contribution is 0.0685. The number of hydrogen-bond donors (Lipinski definition) is 0. The van der Waals surface area contributed by atoms with Crippen LogP contribution in [0.1, 0.15) is 47.5 Å². The smallest absolute Gasteiger partial charge is 0.273 e. The monoisotopic (exact) mass is 250 g/mol. The second-order valence-corrected chi connectivity index (χ2v) is 6.23. The molecule has 17 heavy (non-hydrogen) atoms. The molecule has 1 amide bonds. The third kappa shape index (κ3) is 1.99. The van der Waals surface area contributed by atoms with E-state index in [2.05, 4.69) is 9.27 Å². The Kier molecular flexibility index (Phi) is 2.90. The molecule has 3 nitrogen and oxygen atoms in total. The van der Waals surface area contributed by atoms with E-state index in [4.69, 9.17) is 0 Å². The molecule has 0 bridgehead atoms. The minimum atomic E-state index is 0.156. The fraction of sp³-hybridized carbons (Fsp3) is 0.692. The van der Waals surface area contributed by atoms with Crippen LogP contribution in [0.25, 0.3) is 0 Å². The summed E-state index contributed by atoms with van der Waals surface area (Å²) in [5, 5.41) is 0. The van der Waals surface area contributed by atoms with Crippen LogP contribution >= 0.6 is 11.5 Å². The molecule has 0 N–H and O–H groups in total. The molecule has 2 aliphatic rings. The second kappa shape index (κ2) is 4.41. The molecule has 1 aliphatic heterocycles. The zero-order valence-corrected chi connectivity index (χ0v) is 11.0. The van der Waals surface area contributed by atoms with Crippen molar-refractivity contribution in [1.82, 2.24) is 9.27 Å². The third-order valence-corrected chi connectivity index (χ3v) is 4.81. The lowest BCUT2D eigenvalue weighted by Gasteiger charge is -2.31. The number of amides is 1. The van der Waals surface area contributed by atoms with Gasteiger partial charge in [-0.2, -0.15) is 4.37 Å². The van der Waals surface area contributed by atoms with Crippen molar-refractivity contribution in [3.05, 3.63) is 16.6 Å². The number of hydrogen-bond acceptors (Lipinski definition) is 3. The van der Waals surface area contributed by atoms with E-state index in [0.717, 1.165) is 17.3 Å². The first-order chi connectivity index (χ1) is 8.25. The van der Waals surface area contributed by atoms with Crippen LogP contribution in [0.15, 0.2) is 6.07 Å². The molecule has 2 heterocycles. The Balaban J connectivity index is 1.78. The van der Waals surface area contributed by atoms with Gasteiger partial charge in [-0.3, -0.25) is 4.79 Å². The molecule has 1 saturated heterocycles. The predicted octanol–water partition coefficient (Wildman–Crippen LogP) is 2.86. The number of aryl methyl sites for hydroxylation is 1. The summed E-state index contributed by atoms with van der Waals surface area (Å²) in [7, 11) is 0. The van der Waals surface area contributed by atoms with E-state index in [-0.39, 0.29) is 5.91 Å². The maximum absolute atomic E-state index is 12.4. The predicted molar refractivity (Wildman–Crippen MR) is 68.3 cm³/mol. The molecule has 0 spiro atoms. The summed E-state index contributed by atoms with van der Waals surface area (Å²) in [5.74, 6) is 0.913. The normalized spacial score (nSPS) is 28.2. The van der Waals surface area contributed by atoms with Crippen LogP contribution < -0.4 is 0 Å². The minimum absolute atomic E-state index is 0.156. The molecule has 2 atom stereocenters.